The van der Waals surface area contributed by atoms with E-state index in [1.165, 1.54) is 0 Å². The Labute approximate surface area is 95.2 Å². The molecule has 2 aromatic rings. The van der Waals surface area contributed by atoms with Gasteiger partial charge in [0.15, 0.2) is 0 Å². The molecular weight excluding hydrogens is 200 g/mol. The molecule has 2 rings (SSSR count). The van der Waals surface area contributed by atoms with E-state index in [4.69, 9.17) is 10.5 Å². The van der Waals surface area contributed by atoms with E-state index in [-0.39, 0.29) is 0 Å². The van der Waals surface area contributed by atoms with Gasteiger partial charge >= 0.3 is 0 Å². The Morgan fingerprint density at radius 1 is 1.31 bits per heavy atom. The Balaban J connectivity index is 2.78. The lowest BCUT2D eigenvalue weighted by Gasteiger charge is -2.11. The van der Waals surface area contributed by atoms with Crippen LogP contribution in [0.3, 0.4) is 0 Å². The molecule has 16 heavy (non-hydrogen) atoms. The van der Waals surface area contributed by atoms with E-state index in [1.54, 1.807) is 0 Å². The number of nitrogens with two attached hydrogens (primary N) is 1. The van der Waals surface area contributed by atoms with Crippen LogP contribution in [0.4, 0.5) is 5.69 Å². The fraction of sp³-hybridized carbons (Fsp3) is 0.308. The van der Waals surface area contributed by atoms with Crippen molar-refractivity contribution < 1.29 is 4.74 Å². The number of ether oxygens (including phenoxy) is 1. The maximum absolute atomic E-state index is 6.09. The van der Waals surface area contributed by atoms with Gasteiger partial charge in [-0.05, 0) is 32.4 Å². The number of rotatable bonds is 2. The summed E-state index contributed by atoms with van der Waals surface area (Å²) in [7, 11) is 0. The first kappa shape index (κ1) is 10.7. The summed E-state index contributed by atoms with van der Waals surface area (Å²) in [6.07, 6.45) is 0. The number of aromatic nitrogens is 1. The van der Waals surface area contributed by atoms with E-state index < -0.39 is 0 Å². The van der Waals surface area contributed by atoms with Crippen LogP contribution in [0.1, 0.15) is 18.2 Å². The van der Waals surface area contributed by atoms with Crippen molar-refractivity contribution in [1.82, 2.24) is 4.98 Å². The molecule has 1 heterocycles. The number of aryl methyl sites for hydroxylation is 1. The highest BCUT2D eigenvalue weighted by Crippen LogP contribution is 2.30. The van der Waals surface area contributed by atoms with Crippen LogP contribution in [-0.2, 0) is 0 Å². The fourth-order valence-electron chi connectivity index (χ4n) is 1.78. The normalized spacial score (nSPS) is 10.7. The Bertz CT molecular complexity index is 535. The molecule has 0 atom stereocenters. The highest BCUT2D eigenvalue weighted by Gasteiger charge is 2.09. The summed E-state index contributed by atoms with van der Waals surface area (Å²) in [5.74, 6) is 0.801. The van der Waals surface area contributed by atoms with E-state index in [1.807, 2.05) is 39.0 Å². The van der Waals surface area contributed by atoms with Crippen molar-refractivity contribution in [3.8, 4) is 5.75 Å². The molecule has 0 fully saturated rings. The van der Waals surface area contributed by atoms with Gasteiger partial charge in [0.25, 0.3) is 0 Å². The van der Waals surface area contributed by atoms with Crippen LogP contribution in [0.2, 0.25) is 0 Å². The van der Waals surface area contributed by atoms with E-state index in [9.17, 15) is 0 Å². The van der Waals surface area contributed by atoms with Crippen molar-refractivity contribution in [2.24, 2.45) is 0 Å². The lowest BCUT2D eigenvalue weighted by atomic mass is 10.1. The number of benzene rings is 1. The number of para-hydroxylation sites is 1. The lowest BCUT2D eigenvalue weighted by molar-refractivity contribution is 0.343. The Morgan fingerprint density at radius 3 is 2.75 bits per heavy atom. The fourth-order valence-corrected chi connectivity index (χ4v) is 1.78. The van der Waals surface area contributed by atoms with Crippen molar-refractivity contribution in [1.29, 1.82) is 0 Å². The van der Waals surface area contributed by atoms with Gasteiger partial charge in [-0.1, -0.05) is 12.1 Å². The van der Waals surface area contributed by atoms with Crippen LogP contribution in [0.25, 0.3) is 10.9 Å². The highest BCUT2D eigenvalue weighted by molar-refractivity contribution is 5.95. The van der Waals surface area contributed by atoms with E-state index >= 15 is 0 Å². The summed E-state index contributed by atoms with van der Waals surface area (Å²) in [4.78, 5) is 4.55. The van der Waals surface area contributed by atoms with Crippen LogP contribution in [0, 0.1) is 13.8 Å². The second kappa shape index (κ2) is 4.00. The van der Waals surface area contributed by atoms with Gasteiger partial charge in [0, 0.05) is 16.8 Å². The molecular formula is C13H16N2O. The lowest BCUT2D eigenvalue weighted by Crippen LogP contribution is -2.00. The number of pyridine rings is 1. The third kappa shape index (κ3) is 1.58. The number of hydrogen-bond acceptors (Lipinski definition) is 3. The Kier molecular flexibility index (Phi) is 2.69. The average Bonchev–Trinajstić information content (AvgIpc) is 2.28. The molecule has 0 bridgehead atoms. The first-order valence-corrected chi connectivity index (χ1v) is 5.43. The summed E-state index contributed by atoms with van der Waals surface area (Å²) >= 11 is 0. The molecule has 1 aromatic heterocycles. The highest BCUT2D eigenvalue weighted by atomic mass is 16.5. The minimum Gasteiger partial charge on any atom is -0.492 e. The van der Waals surface area contributed by atoms with Gasteiger partial charge in [-0.2, -0.15) is 0 Å². The van der Waals surface area contributed by atoms with E-state index in [2.05, 4.69) is 4.98 Å². The molecule has 0 unspecified atom stereocenters. The first-order chi connectivity index (χ1) is 7.65. The molecule has 0 aliphatic carbocycles. The number of nitrogens with zero attached hydrogens (tertiary/aromatic N) is 1. The largest absolute Gasteiger partial charge is 0.492 e. The van der Waals surface area contributed by atoms with Crippen LogP contribution in [-0.4, -0.2) is 11.6 Å². The minimum absolute atomic E-state index is 0.633. The van der Waals surface area contributed by atoms with Gasteiger partial charge in [-0.15, -0.1) is 0 Å². The molecule has 0 saturated carbocycles. The molecule has 0 spiro atoms. The molecule has 0 saturated heterocycles. The number of nitrogen functional groups attached to an aromatic ring is 1. The minimum atomic E-state index is 0.633. The van der Waals surface area contributed by atoms with Gasteiger partial charge in [0.1, 0.15) is 11.3 Å². The molecule has 0 aliphatic heterocycles. The standard InChI is InChI=1S/C13H16N2O/c1-4-16-11-7-5-6-10-12(14)8(2)9(3)15-13(10)11/h5-7H,4H2,1-3H3,(H2,14,15). The van der Waals surface area contributed by atoms with E-state index in [0.717, 1.165) is 33.6 Å². The Morgan fingerprint density at radius 2 is 2.06 bits per heavy atom. The van der Waals surface area contributed by atoms with Crippen LogP contribution in [0.5, 0.6) is 5.75 Å². The third-order valence-corrected chi connectivity index (χ3v) is 2.82. The van der Waals surface area contributed by atoms with Gasteiger partial charge in [-0.25, -0.2) is 4.98 Å². The topological polar surface area (TPSA) is 48.1 Å². The summed E-state index contributed by atoms with van der Waals surface area (Å²) < 4.78 is 5.55. The van der Waals surface area contributed by atoms with Gasteiger partial charge in [0.2, 0.25) is 0 Å². The number of anilines is 1. The van der Waals surface area contributed by atoms with Gasteiger partial charge < -0.3 is 10.5 Å². The maximum Gasteiger partial charge on any atom is 0.145 e. The SMILES string of the molecule is CCOc1cccc2c(N)c(C)c(C)nc12. The molecule has 3 nitrogen and oxygen atoms in total. The Hall–Kier alpha value is -1.77. The van der Waals surface area contributed by atoms with Crippen molar-refractivity contribution in [2.45, 2.75) is 20.8 Å². The summed E-state index contributed by atoms with van der Waals surface area (Å²) in [6.45, 7) is 6.55. The second-order valence-corrected chi connectivity index (χ2v) is 3.82. The molecule has 3 heteroatoms. The quantitative estimate of drug-likeness (QED) is 0.839. The average molecular weight is 216 g/mol. The van der Waals surface area contributed by atoms with Crippen molar-refractivity contribution in [3.63, 3.8) is 0 Å². The van der Waals surface area contributed by atoms with Crippen LogP contribution < -0.4 is 10.5 Å². The molecule has 2 N–H and O–H groups in total. The van der Waals surface area contributed by atoms with Crippen molar-refractivity contribution in [3.05, 3.63) is 29.5 Å². The molecule has 84 valence electrons. The molecule has 1 aromatic carbocycles. The first-order valence-electron chi connectivity index (χ1n) is 5.43. The van der Waals surface area contributed by atoms with Crippen LogP contribution >= 0.6 is 0 Å². The smallest absolute Gasteiger partial charge is 0.145 e. The molecule has 0 radical (unpaired) electrons. The summed E-state index contributed by atoms with van der Waals surface area (Å²) in [5, 5.41) is 0.967. The zero-order valence-corrected chi connectivity index (χ0v) is 9.87. The molecule has 0 amide bonds. The summed E-state index contributed by atoms with van der Waals surface area (Å²) in [6, 6.07) is 5.85. The van der Waals surface area contributed by atoms with Gasteiger partial charge in [-0.3, -0.25) is 0 Å². The predicted molar refractivity (Wildman–Crippen MR) is 66.8 cm³/mol. The third-order valence-electron chi connectivity index (χ3n) is 2.82. The summed E-state index contributed by atoms with van der Waals surface area (Å²) in [5.41, 5.74) is 9.73. The van der Waals surface area contributed by atoms with Gasteiger partial charge in [0.05, 0.1) is 6.61 Å². The number of fused-ring (bicyclic) bond motifs is 1. The van der Waals surface area contributed by atoms with Crippen molar-refractivity contribution >= 4 is 16.6 Å². The van der Waals surface area contributed by atoms with Crippen molar-refractivity contribution in [2.75, 3.05) is 12.3 Å². The number of hydrogen-bond donors (Lipinski definition) is 1. The maximum atomic E-state index is 6.09. The van der Waals surface area contributed by atoms with Crippen LogP contribution in [0.15, 0.2) is 18.2 Å². The molecule has 0 aliphatic rings. The van der Waals surface area contributed by atoms with E-state index in [0.29, 0.717) is 6.61 Å². The predicted octanol–water partition coefficient (Wildman–Crippen LogP) is 2.83. The monoisotopic (exact) mass is 216 g/mol. The zero-order chi connectivity index (χ0) is 11.7. The zero-order valence-electron chi connectivity index (χ0n) is 9.87. The second-order valence-electron chi connectivity index (χ2n) is 3.82.